The van der Waals surface area contributed by atoms with Crippen LogP contribution in [0, 0.1) is 12.3 Å². The summed E-state index contributed by atoms with van der Waals surface area (Å²) in [5.41, 5.74) is 6.09. The van der Waals surface area contributed by atoms with Gasteiger partial charge in [-0.2, -0.15) is 0 Å². The lowest BCUT2D eigenvalue weighted by Crippen LogP contribution is -2.62. The number of fused-ring (bicyclic) bond motifs is 1. The zero-order chi connectivity index (χ0) is 22.1. The molecule has 0 aliphatic heterocycles. The van der Waals surface area contributed by atoms with Crippen molar-refractivity contribution < 1.29 is 27.5 Å². The summed E-state index contributed by atoms with van der Waals surface area (Å²) in [6.07, 6.45) is 1.12. The number of alkyl halides is 3. The van der Waals surface area contributed by atoms with E-state index in [1.165, 1.54) is 6.07 Å². The maximum atomic E-state index is 12.7. The van der Waals surface area contributed by atoms with E-state index < -0.39 is 34.5 Å². The van der Waals surface area contributed by atoms with E-state index >= 15 is 0 Å². The number of aryl methyl sites for hydroxylation is 1. The molecule has 0 saturated carbocycles. The second-order valence-corrected chi connectivity index (χ2v) is 7.20. The van der Waals surface area contributed by atoms with E-state index in [0.29, 0.717) is 6.42 Å². The van der Waals surface area contributed by atoms with Crippen molar-refractivity contribution >= 4 is 29.1 Å². The van der Waals surface area contributed by atoms with E-state index in [0.717, 1.165) is 28.2 Å². The van der Waals surface area contributed by atoms with Crippen LogP contribution in [0.15, 0.2) is 42.5 Å². The highest BCUT2D eigenvalue weighted by atomic mass is 35.5. The molecule has 1 aliphatic carbocycles. The van der Waals surface area contributed by atoms with Gasteiger partial charge in [0, 0.05) is 12.1 Å². The van der Waals surface area contributed by atoms with Crippen molar-refractivity contribution in [3.8, 4) is 18.1 Å². The Hall–Kier alpha value is -3.18. The molecule has 2 aromatic carbocycles. The molecule has 9 heteroatoms. The zero-order valence-corrected chi connectivity index (χ0v) is 16.3. The highest BCUT2D eigenvalue weighted by Gasteiger charge is 2.48. The van der Waals surface area contributed by atoms with Gasteiger partial charge >= 0.3 is 12.3 Å². The molecule has 0 fully saturated rings. The van der Waals surface area contributed by atoms with E-state index in [2.05, 4.69) is 4.74 Å². The molecular formula is C21H16ClF3N2O3. The van der Waals surface area contributed by atoms with Gasteiger partial charge in [0.15, 0.2) is 0 Å². The van der Waals surface area contributed by atoms with Crippen molar-refractivity contribution in [1.82, 2.24) is 0 Å². The van der Waals surface area contributed by atoms with Crippen LogP contribution in [0.5, 0.6) is 5.75 Å². The average molecular weight is 437 g/mol. The lowest BCUT2D eigenvalue weighted by atomic mass is 9.76. The van der Waals surface area contributed by atoms with Crippen LogP contribution in [0.3, 0.4) is 0 Å². The van der Waals surface area contributed by atoms with Gasteiger partial charge in [0.2, 0.25) is 5.91 Å². The maximum Gasteiger partial charge on any atom is 0.573 e. The van der Waals surface area contributed by atoms with Crippen molar-refractivity contribution in [2.24, 2.45) is 5.73 Å². The molecule has 1 atom stereocenters. The molecule has 0 spiro atoms. The number of primary amides is 1. The minimum Gasteiger partial charge on any atom is -0.404 e. The van der Waals surface area contributed by atoms with E-state index in [4.69, 9.17) is 23.8 Å². The Bertz CT molecular complexity index is 1050. The summed E-state index contributed by atoms with van der Waals surface area (Å²) >= 11 is 5.94. The molecule has 156 valence electrons. The fourth-order valence-electron chi connectivity index (χ4n) is 3.69. The SMILES string of the molecule is C#CC(=O)N(c1ccc(OC(F)(F)F)c(Cl)c1)C1(C(N)=O)CCc2ccccc2C1. The summed E-state index contributed by atoms with van der Waals surface area (Å²) < 4.78 is 41.4. The van der Waals surface area contributed by atoms with Gasteiger partial charge in [-0.15, -0.1) is 19.6 Å². The first kappa shape index (κ1) is 21.5. The van der Waals surface area contributed by atoms with E-state index in [1.54, 1.807) is 6.07 Å². The third-order valence-corrected chi connectivity index (χ3v) is 5.32. The van der Waals surface area contributed by atoms with Gasteiger partial charge in [0.1, 0.15) is 11.3 Å². The summed E-state index contributed by atoms with van der Waals surface area (Å²) in [7, 11) is 0. The average Bonchev–Trinajstić information content (AvgIpc) is 2.68. The Kier molecular flexibility index (Phi) is 5.68. The van der Waals surface area contributed by atoms with Gasteiger partial charge in [0.05, 0.1) is 5.02 Å². The number of terminal acetylenes is 1. The fourth-order valence-corrected chi connectivity index (χ4v) is 3.90. The number of hydrogen-bond donors (Lipinski definition) is 1. The minimum atomic E-state index is -4.94. The Labute approximate surface area is 175 Å². The monoisotopic (exact) mass is 436 g/mol. The molecule has 1 unspecified atom stereocenters. The number of anilines is 1. The molecule has 2 aromatic rings. The number of carbonyl (C=O) groups excluding carboxylic acids is 2. The molecule has 1 aliphatic rings. The lowest BCUT2D eigenvalue weighted by Gasteiger charge is -2.43. The van der Waals surface area contributed by atoms with Crippen LogP contribution in [-0.4, -0.2) is 23.7 Å². The van der Waals surface area contributed by atoms with Crippen molar-refractivity contribution in [3.05, 3.63) is 58.6 Å². The molecule has 3 rings (SSSR count). The van der Waals surface area contributed by atoms with Crippen LogP contribution in [0.25, 0.3) is 0 Å². The number of amides is 2. The fraction of sp³-hybridized carbons (Fsp3) is 0.238. The highest BCUT2D eigenvalue weighted by molar-refractivity contribution is 6.32. The molecule has 5 nitrogen and oxygen atoms in total. The summed E-state index contributed by atoms with van der Waals surface area (Å²) in [5, 5.41) is -0.407. The number of hydrogen-bond acceptors (Lipinski definition) is 3. The molecule has 2 N–H and O–H groups in total. The van der Waals surface area contributed by atoms with Crippen molar-refractivity contribution in [1.29, 1.82) is 0 Å². The number of benzene rings is 2. The Morgan fingerprint density at radius 1 is 1.20 bits per heavy atom. The quantitative estimate of drug-likeness (QED) is 0.744. The smallest absolute Gasteiger partial charge is 0.404 e. The van der Waals surface area contributed by atoms with Crippen LogP contribution in [0.1, 0.15) is 17.5 Å². The van der Waals surface area contributed by atoms with Gasteiger partial charge < -0.3 is 10.5 Å². The van der Waals surface area contributed by atoms with E-state index in [-0.39, 0.29) is 18.5 Å². The van der Waals surface area contributed by atoms with Crippen molar-refractivity contribution in [2.75, 3.05) is 4.90 Å². The summed E-state index contributed by atoms with van der Waals surface area (Å²) in [5.74, 6) is -0.340. The van der Waals surface area contributed by atoms with Crippen LogP contribution in [0.2, 0.25) is 5.02 Å². The Morgan fingerprint density at radius 2 is 1.87 bits per heavy atom. The molecule has 0 aromatic heterocycles. The van der Waals surface area contributed by atoms with Crippen LogP contribution in [-0.2, 0) is 22.4 Å². The maximum absolute atomic E-state index is 12.7. The number of nitrogens with zero attached hydrogens (tertiary/aromatic N) is 1. The summed E-state index contributed by atoms with van der Waals surface area (Å²) in [6.45, 7) is 0. The predicted octanol–water partition coefficient (Wildman–Crippen LogP) is 3.62. The van der Waals surface area contributed by atoms with Crippen molar-refractivity contribution in [2.45, 2.75) is 31.2 Å². The molecule has 0 saturated heterocycles. The Balaban J connectivity index is 2.10. The molecule has 30 heavy (non-hydrogen) atoms. The topological polar surface area (TPSA) is 72.6 Å². The highest BCUT2D eigenvalue weighted by Crippen LogP contribution is 2.39. The van der Waals surface area contributed by atoms with Gasteiger partial charge in [0.25, 0.3) is 0 Å². The molecule has 0 heterocycles. The second kappa shape index (κ2) is 7.92. The number of rotatable bonds is 4. The van der Waals surface area contributed by atoms with Gasteiger partial charge in [-0.25, -0.2) is 0 Å². The van der Waals surface area contributed by atoms with E-state index in [1.807, 2.05) is 24.1 Å². The summed E-state index contributed by atoms with van der Waals surface area (Å²) in [4.78, 5) is 26.3. The largest absolute Gasteiger partial charge is 0.573 e. The normalized spacial score (nSPS) is 18.1. The first-order valence-electron chi connectivity index (χ1n) is 8.80. The molecular weight excluding hydrogens is 421 g/mol. The first-order chi connectivity index (χ1) is 14.1. The third-order valence-electron chi connectivity index (χ3n) is 5.02. The number of carbonyl (C=O) groups is 2. The lowest BCUT2D eigenvalue weighted by molar-refractivity contribution is -0.274. The molecule has 2 amide bonds. The van der Waals surface area contributed by atoms with E-state index in [9.17, 15) is 22.8 Å². The Morgan fingerprint density at radius 3 is 2.43 bits per heavy atom. The molecule has 0 radical (unpaired) electrons. The predicted molar refractivity (Wildman–Crippen MR) is 105 cm³/mol. The van der Waals surface area contributed by atoms with Crippen LogP contribution in [0.4, 0.5) is 18.9 Å². The van der Waals surface area contributed by atoms with Crippen molar-refractivity contribution in [3.63, 3.8) is 0 Å². The van der Waals surface area contributed by atoms with Gasteiger partial charge in [-0.3, -0.25) is 14.5 Å². The van der Waals surface area contributed by atoms with Gasteiger partial charge in [-0.05, 0) is 48.1 Å². The second-order valence-electron chi connectivity index (χ2n) is 6.79. The summed E-state index contributed by atoms with van der Waals surface area (Å²) in [6, 6.07) is 10.6. The van der Waals surface area contributed by atoms with Crippen LogP contribution >= 0.6 is 11.6 Å². The number of nitrogens with two attached hydrogens (primary N) is 1. The number of ether oxygens (including phenoxy) is 1. The third kappa shape index (κ3) is 4.07. The number of halogens is 4. The van der Waals surface area contributed by atoms with Gasteiger partial charge in [-0.1, -0.05) is 35.9 Å². The zero-order valence-electron chi connectivity index (χ0n) is 15.5. The first-order valence-corrected chi connectivity index (χ1v) is 9.18. The minimum absolute atomic E-state index is 0.0376. The molecule has 0 bridgehead atoms. The standard InChI is InChI=1S/C21H16ClF3N2O3/c1-2-18(28)27(15-7-8-17(16(22)11-15)30-21(23,24)25)20(19(26)29)10-9-13-5-3-4-6-14(13)12-20/h1,3-8,11H,9-10,12H2,(H2,26,29). The van der Waals surface area contributed by atoms with Crippen LogP contribution < -0.4 is 15.4 Å².